The molecule has 0 amide bonds. The molecule has 0 fully saturated rings. The van der Waals surface area contributed by atoms with Gasteiger partial charge in [0, 0.05) is 0 Å². The second-order valence-electron chi connectivity index (χ2n) is 4.41. The predicted octanol–water partition coefficient (Wildman–Crippen LogP) is 3.64. The van der Waals surface area contributed by atoms with Crippen molar-refractivity contribution >= 4 is 16.5 Å². The molecule has 3 nitrogen and oxygen atoms in total. The summed E-state index contributed by atoms with van der Waals surface area (Å²) in [6, 6.07) is 6.85. The summed E-state index contributed by atoms with van der Waals surface area (Å²) < 4.78 is 0. The number of anilines is 1. The van der Waals surface area contributed by atoms with Crippen LogP contribution in [-0.2, 0) is 0 Å². The standard InChI is InChI=1S/C13H17N3S/c1-8-5-9(2)7-12(6-8)10(3)14-13-16-15-11(4)17-13/h5-7,10H,1-4H3,(H,14,16). The summed E-state index contributed by atoms with van der Waals surface area (Å²) in [5, 5.41) is 13.3. The van der Waals surface area contributed by atoms with Gasteiger partial charge in [-0.25, -0.2) is 0 Å². The number of nitrogens with one attached hydrogen (secondary N) is 1. The maximum Gasteiger partial charge on any atom is 0.206 e. The molecule has 1 aromatic heterocycles. The zero-order valence-electron chi connectivity index (χ0n) is 10.6. The molecular formula is C13H17N3S. The summed E-state index contributed by atoms with van der Waals surface area (Å²) in [6.07, 6.45) is 0. The molecule has 90 valence electrons. The zero-order chi connectivity index (χ0) is 12.4. The van der Waals surface area contributed by atoms with E-state index in [1.165, 1.54) is 16.7 Å². The summed E-state index contributed by atoms with van der Waals surface area (Å²) >= 11 is 1.59. The van der Waals surface area contributed by atoms with Crippen molar-refractivity contribution in [1.29, 1.82) is 0 Å². The van der Waals surface area contributed by atoms with Gasteiger partial charge in [0.1, 0.15) is 5.01 Å². The fraction of sp³-hybridized carbons (Fsp3) is 0.385. The third-order valence-electron chi connectivity index (χ3n) is 2.61. The van der Waals surface area contributed by atoms with Gasteiger partial charge in [-0.3, -0.25) is 0 Å². The van der Waals surface area contributed by atoms with Crippen LogP contribution in [0.2, 0.25) is 0 Å². The Bertz CT molecular complexity index is 499. The van der Waals surface area contributed by atoms with Crippen LogP contribution in [0.5, 0.6) is 0 Å². The first-order valence-electron chi connectivity index (χ1n) is 5.69. The van der Waals surface area contributed by atoms with E-state index >= 15 is 0 Å². The van der Waals surface area contributed by atoms with E-state index in [4.69, 9.17) is 0 Å². The van der Waals surface area contributed by atoms with Gasteiger partial charge in [0.15, 0.2) is 0 Å². The summed E-state index contributed by atoms with van der Waals surface area (Å²) in [6.45, 7) is 8.35. The molecule has 1 atom stereocenters. The SMILES string of the molecule is Cc1cc(C)cc(C(C)Nc2nnc(C)s2)c1. The minimum Gasteiger partial charge on any atom is -0.354 e. The van der Waals surface area contributed by atoms with E-state index < -0.39 is 0 Å². The molecular weight excluding hydrogens is 230 g/mol. The quantitative estimate of drug-likeness (QED) is 0.900. The highest BCUT2D eigenvalue weighted by Crippen LogP contribution is 2.23. The molecule has 17 heavy (non-hydrogen) atoms. The molecule has 0 spiro atoms. The first-order valence-corrected chi connectivity index (χ1v) is 6.51. The molecule has 1 unspecified atom stereocenters. The normalized spacial score (nSPS) is 12.5. The van der Waals surface area contributed by atoms with Crippen molar-refractivity contribution in [1.82, 2.24) is 10.2 Å². The Morgan fingerprint density at radius 1 is 1.06 bits per heavy atom. The number of aryl methyl sites for hydroxylation is 3. The maximum absolute atomic E-state index is 4.08. The lowest BCUT2D eigenvalue weighted by atomic mass is 10.0. The summed E-state index contributed by atoms with van der Waals surface area (Å²) in [5.74, 6) is 0. The van der Waals surface area contributed by atoms with Gasteiger partial charge in [-0.2, -0.15) is 0 Å². The van der Waals surface area contributed by atoms with Gasteiger partial charge in [-0.1, -0.05) is 40.7 Å². The summed E-state index contributed by atoms with van der Waals surface area (Å²) in [7, 11) is 0. The van der Waals surface area contributed by atoms with Crippen LogP contribution in [0.1, 0.15) is 34.7 Å². The minimum absolute atomic E-state index is 0.251. The van der Waals surface area contributed by atoms with E-state index in [0.29, 0.717) is 0 Å². The molecule has 4 heteroatoms. The topological polar surface area (TPSA) is 37.8 Å². The van der Waals surface area contributed by atoms with Crippen LogP contribution < -0.4 is 5.32 Å². The van der Waals surface area contributed by atoms with E-state index in [-0.39, 0.29) is 6.04 Å². The van der Waals surface area contributed by atoms with Crippen LogP contribution in [0.25, 0.3) is 0 Å². The maximum atomic E-state index is 4.08. The molecule has 0 aliphatic heterocycles. The fourth-order valence-electron chi connectivity index (χ4n) is 1.88. The Hall–Kier alpha value is -1.42. The number of benzene rings is 1. The smallest absolute Gasteiger partial charge is 0.206 e. The largest absolute Gasteiger partial charge is 0.354 e. The first kappa shape index (κ1) is 12.0. The monoisotopic (exact) mass is 247 g/mol. The van der Waals surface area contributed by atoms with Crippen LogP contribution in [0.4, 0.5) is 5.13 Å². The summed E-state index contributed by atoms with van der Waals surface area (Å²) in [5.41, 5.74) is 3.87. The van der Waals surface area contributed by atoms with Gasteiger partial charge in [0.2, 0.25) is 5.13 Å². The third-order valence-corrected chi connectivity index (χ3v) is 3.38. The van der Waals surface area contributed by atoms with E-state index in [0.717, 1.165) is 10.1 Å². The van der Waals surface area contributed by atoms with Crippen molar-refractivity contribution in [2.75, 3.05) is 5.32 Å². The Morgan fingerprint density at radius 3 is 2.24 bits per heavy atom. The second-order valence-corrected chi connectivity index (χ2v) is 5.59. The number of aromatic nitrogens is 2. The van der Waals surface area contributed by atoms with E-state index in [2.05, 4.69) is 54.5 Å². The lowest BCUT2D eigenvalue weighted by molar-refractivity contribution is 0.869. The lowest BCUT2D eigenvalue weighted by Gasteiger charge is -2.14. The van der Waals surface area contributed by atoms with Crippen LogP contribution in [0.3, 0.4) is 0 Å². The number of hydrogen-bond acceptors (Lipinski definition) is 4. The molecule has 0 aliphatic carbocycles. The molecule has 0 radical (unpaired) electrons. The molecule has 1 heterocycles. The molecule has 2 rings (SSSR count). The Morgan fingerprint density at radius 2 is 1.71 bits per heavy atom. The second kappa shape index (κ2) is 4.84. The number of rotatable bonds is 3. The van der Waals surface area contributed by atoms with Crippen LogP contribution >= 0.6 is 11.3 Å². The van der Waals surface area contributed by atoms with Crippen molar-refractivity contribution in [3.05, 3.63) is 39.9 Å². The first-order chi connectivity index (χ1) is 8.04. The van der Waals surface area contributed by atoms with Crippen molar-refractivity contribution in [3.63, 3.8) is 0 Å². The average Bonchev–Trinajstić information content (AvgIpc) is 2.62. The van der Waals surface area contributed by atoms with Crippen LogP contribution in [0, 0.1) is 20.8 Å². The van der Waals surface area contributed by atoms with Crippen molar-refractivity contribution in [2.45, 2.75) is 33.7 Å². The van der Waals surface area contributed by atoms with E-state index in [1.807, 2.05) is 6.92 Å². The molecule has 0 aliphatic rings. The van der Waals surface area contributed by atoms with Crippen molar-refractivity contribution in [2.24, 2.45) is 0 Å². The Labute approximate surface area is 106 Å². The molecule has 0 bridgehead atoms. The van der Waals surface area contributed by atoms with Gasteiger partial charge in [-0.05, 0) is 33.3 Å². The van der Waals surface area contributed by atoms with Gasteiger partial charge in [0.25, 0.3) is 0 Å². The lowest BCUT2D eigenvalue weighted by Crippen LogP contribution is -2.06. The fourth-order valence-corrected chi connectivity index (χ4v) is 2.56. The molecule has 1 aromatic carbocycles. The van der Waals surface area contributed by atoms with Crippen molar-refractivity contribution in [3.8, 4) is 0 Å². The summed E-state index contributed by atoms with van der Waals surface area (Å²) in [4.78, 5) is 0. The van der Waals surface area contributed by atoms with Crippen molar-refractivity contribution < 1.29 is 0 Å². The molecule has 2 aromatic rings. The zero-order valence-corrected chi connectivity index (χ0v) is 11.4. The van der Waals surface area contributed by atoms with Gasteiger partial charge in [-0.15, -0.1) is 10.2 Å². The Kier molecular flexibility index (Phi) is 3.43. The highest BCUT2D eigenvalue weighted by molar-refractivity contribution is 7.15. The highest BCUT2D eigenvalue weighted by Gasteiger charge is 2.08. The Balaban J connectivity index is 2.16. The number of nitrogens with zero attached hydrogens (tertiary/aromatic N) is 2. The molecule has 1 N–H and O–H groups in total. The van der Waals surface area contributed by atoms with E-state index in [1.54, 1.807) is 11.3 Å². The predicted molar refractivity (Wildman–Crippen MR) is 72.6 cm³/mol. The highest BCUT2D eigenvalue weighted by atomic mass is 32.1. The van der Waals surface area contributed by atoms with Gasteiger partial charge >= 0.3 is 0 Å². The van der Waals surface area contributed by atoms with Crippen LogP contribution in [0.15, 0.2) is 18.2 Å². The third kappa shape index (κ3) is 3.03. The van der Waals surface area contributed by atoms with Gasteiger partial charge < -0.3 is 5.32 Å². The van der Waals surface area contributed by atoms with Gasteiger partial charge in [0.05, 0.1) is 6.04 Å². The minimum atomic E-state index is 0.251. The van der Waals surface area contributed by atoms with E-state index in [9.17, 15) is 0 Å². The average molecular weight is 247 g/mol. The molecule has 0 saturated heterocycles. The number of hydrogen-bond donors (Lipinski definition) is 1. The molecule has 0 saturated carbocycles. The van der Waals surface area contributed by atoms with Crippen LogP contribution in [-0.4, -0.2) is 10.2 Å².